The van der Waals surface area contributed by atoms with Crippen LogP contribution in [0.3, 0.4) is 0 Å². The van der Waals surface area contributed by atoms with Crippen molar-refractivity contribution < 1.29 is 19.4 Å². The molecular formula is C13H18N2O4. The van der Waals surface area contributed by atoms with Crippen LogP contribution in [-0.4, -0.2) is 29.1 Å². The van der Waals surface area contributed by atoms with Crippen LogP contribution in [0.5, 0.6) is 5.88 Å². The molecular weight excluding hydrogens is 248 g/mol. The molecule has 0 aliphatic rings. The molecule has 0 atom stereocenters. The molecule has 2 N–H and O–H groups in total. The molecule has 6 heteroatoms. The molecule has 19 heavy (non-hydrogen) atoms. The van der Waals surface area contributed by atoms with Gasteiger partial charge in [0.15, 0.2) is 0 Å². The summed E-state index contributed by atoms with van der Waals surface area (Å²) in [5.41, 5.74) is -0.0348. The second-order valence-corrected chi connectivity index (χ2v) is 5.05. The zero-order valence-corrected chi connectivity index (χ0v) is 11.3. The molecule has 0 saturated carbocycles. The minimum absolute atomic E-state index is 0.0543. The summed E-state index contributed by atoms with van der Waals surface area (Å²) in [6.45, 7) is 3.49. The number of pyridine rings is 1. The smallest absolute Gasteiger partial charge is 0.303 e. The Bertz CT molecular complexity index is 454. The number of carboxylic acids is 1. The van der Waals surface area contributed by atoms with E-state index in [2.05, 4.69) is 10.3 Å². The lowest BCUT2D eigenvalue weighted by Crippen LogP contribution is -2.24. The zero-order chi connectivity index (χ0) is 14.5. The van der Waals surface area contributed by atoms with E-state index in [1.165, 1.54) is 13.3 Å². The van der Waals surface area contributed by atoms with Crippen LogP contribution in [0.4, 0.5) is 5.69 Å². The molecule has 0 aliphatic carbocycles. The van der Waals surface area contributed by atoms with Crippen molar-refractivity contribution in [1.29, 1.82) is 0 Å². The summed E-state index contributed by atoms with van der Waals surface area (Å²) >= 11 is 0. The van der Waals surface area contributed by atoms with E-state index in [0.29, 0.717) is 11.6 Å². The average Bonchev–Trinajstić information content (AvgIpc) is 2.27. The van der Waals surface area contributed by atoms with Crippen molar-refractivity contribution in [2.75, 3.05) is 12.4 Å². The maximum atomic E-state index is 11.8. The number of carboxylic acid groups (broad SMARTS) is 1. The Kier molecular flexibility index (Phi) is 4.86. The highest BCUT2D eigenvalue weighted by atomic mass is 16.5. The quantitative estimate of drug-likeness (QED) is 0.821. The van der Waals surface area contributed by atoms with Gasteiger partial charge in [0, 0.05) is 12.5 Å². The molecule has 1 heterocycles. The molecule has 0 spiro atoms. The number of nitrogens with one attached hydrogen (secondary N) is 1. The van der Waals surface area contributed by atoms with Gasteiger partial charge in [0.1, 0.15) is 0 Å². The third-order valence-corrected chi connectivity index (χ3v) is 2.50. The first-order valence-electron chi connectivity index (χ1n) is 5.84. The highest BCUT2D eigenvalue weighted by Crippen LogP contribution is 2.25. The number of carbonyl (C=O) groups is 2. The predicted molar refractivity (Wildman–Crippen MR) is 70.1 cm³/mol. The minimum atomic E-state index is -0.913. The largest absolute Gasteiger partial charge is 0.481 e. The number of nitrogens with zero attached hydrogens (tertiary/aromatic N) is 1. The number of methoxy groups -OCH3 is 1. The molecule has 0 fully saturated rings. The molecule has 1 aromatic heterocycles. The Balaban J connectivity index is 2.56. The van der Waals surface area contributed by atoms with Crippen molar-refractivity contribution in [2.45, 2.75) is 26.7 Å². The maximum absolute atomic E-state index is 11.8. The van der Waals surface area contributed by atoms with Crippen LogP contribution in [0.15, 0.2) is 18.3 Å². The summed E-state index contributed by atoms with van der Waals surface area (Å²) in [6, 6.07) is 3.31. The van der Waals surface area contributed by atoms with Gasteiger partial charge in [0.05, 0.1) is 25.4 Å². The highest BCUT2D eigenvalue weighted by Gasteiger charge is 2.25. The number of carbonyl (C=O) groups excluding carboxylic acids is 1. The van der Waals surface area contributed by atoms with Gasteiger partial charge in [0.25, 0.3) is 0 Å². The van der Waals surface area contributed by atoms with E-state index >= 15 is 0 Å². The fourth-order valence-electron chi connectivity index (χ4n) is 1.69. The van der Waals surface area contributed by atoms with E-state index in [9.17, 15) is 9.59 Å². The lowest BCUT2D eigenvalue weighted by Gasteiger charge is -2.21. The Morgan fingerprint density at radius 1 is 1.37 bits per heavy atom. The van der Waals surface area contributed by atoms with E-state index in [4.69, 9.17) is 9.84 Å². The predicted octanol–water partition coefficient (Wildman–Crippen LogP) is 1.92. The van der Waals surface area contributed by atoms with Gasteiger partial charge < -0.3 is 15.2 Å². The number of aromatic nitrogens is 1. The van der Waals surface area contributed by atoms with Crippen molar-refractivity contribution in [1.82, 2.24) is 4.98 Å². The Morgan fingerprint density at radius 3 is 2.53 bits per heavy atom. The SMILES string of the molecule is COc1ccc(NC(=O)CC(C)(C)CC(=O)O)cn1. The fraction of sp³-hybridized carbons (Fsp3) is 0.462. The number of hydrogen-bond donors (Lipinski definition) is 2. The number of anilines is 1. The molecule has 0 aliphatic heterocycles. The van der Waals surface area contributed by atoms with Gasteiger partial charge in [-0.15, -0.1) is 0 Å². The van der Waals surface area contributed by atoms with E-state index in [1.54, 1.807) is 26.0 Å². The van der Waals surface area contributed by atoms with Crippen LogP contribution in [0.2, 0.25) is 0 Å². The maximum Gasteiger partial charge on any atom is 0.303 e. The lowest BCUT2D eigenvalue weighted by atomic mass is 9.85. The second kappa shape index (κ2) is 6.17. The first kappa shape index (κ1) is 14.9. The normalized spacial score (nSPS) is 10.9. The van der Waals surface area contributed by atoms with E-state index in [-0.39, 0.29) is 18.7 Å². The standard InChI is InChI=1S/C13H18N2O4/c1-13(2,7-12(17)18)6-10(16)15-9-4-5-11(19-3)14-8-9/h4-5,8H,6-7H2,1-3H3,(H,15,16)(H,17,18). The number of amides is 1. The summed E-state index contributed by atoms with van der Waals surface area (Å²) in [5, 5.41) is 11.4. The van der Waals surface area contributed by atoms with Crippen LogP contribution in [0.25, 0.3) is 0 Å². The molecule has 0 unspecified atom stereocenters. The summed E-state index contributed by atoms with van der Waals surface area (Å²) in [4.78, 5) is 26.4. The van der Waals surface area contributed by atoms with E-state index < -0.39 is 11.4 Å². The molecule has 0 bridgehead atoms. The van der Waals surface area contributed by atoms with Crippen molar-refractivity contribution in [3.8, 4) is 5.88 Å². The van der Waals surface area contributed by atoms with Gasteiger partial charge in [-0.1, -0.05) is 13.8 Å². The lowest BCUT2D eigenvalue weighted by molar-refractivity contribution is -0.139. The third-order valence-electron chi connectivity index (χ3n) is 2.50. The number of hydrogen-bond acceptors (Lipinski definition) is 4. The second-order valence-electron chi connectivity index (χ2n) is 5.05. The van der Waals surface area contributed by atoms with E-state index in [0.717, 1.165) is 0 Å². The van der Waals surface area contributed by atoms with Gasteiger partial charge >= 0.3 is 5.97 Å². The molecule has 1 amide bonds. The fourth-order valence-corrected chi connectivity index (χ4v) is 1.69. The van der Waals surface area contributed by atoms with Gasteiger partial charge in [-0.05, 0) is 11.5 Å². The summed E-state index contributed by atoms with van der Waals surface area (Å²) < 4.78 is 4.91. The Morgan fingerprint density at radius 2 is 2.05 bits per heavy atom. The number of aliphatic carboxylic acids is 1. The molecule has 1 rings (SSSR count). The molecule has 1 aromatic rings. The van der Waals surface area contributed by atoms with Crippen molar-refractivity contribution in [2.24, 2.45) is 5.41 Å². The third kappa shape index (κ3) is 5.37. The highest BCUT2D eigenvalue weighted by molar-refractivity contribution is 5.91. The average molecular weight is 266 g/mol. The van der Waals surface area contributed by atoms with Crippen LogP contribution >= 0.6 is 0 Å². The van der Waals surface area contributed by atoms with Crippen LogP contribution in [0, 0.1) is 5.41 Å². The Hall–Kier alpha value is -2.11. The molecule has 0 radical (unpaired) electrons. The zero-order valence-electron chi connectivity index (χ0n) is 11.3. The number of rotatable bonds is 6. The van der Waals surface area contributed by atoms with Crippen molar-refractivity contribution in [3.63, 3.8) is 0 Å². The van der Waals surface area contributed by atoms with Crippen molar-refractivity contribution in [3.05, 3.63) is 18.3 Å². The van der Waals surface area contributed by atoms with Crippen molar-refractivity contribution >= 4 is 17.6 Å². The first-order chi connectivity index (χ1) is 8.82. The summed E-state index contributed by atoms with van der Waals surface area (Å²) in [5.74, 6) is -0.689. The van der Waals surface area contributed by atoms with Gasteiger partial charge in [-0.25, -0.2) is 4.98 Å². The molecule has 0 aromatic carbocycles. The summed E-state index contributed by atoms with van der Waals surface area (Å²) in [6.07, 6.45) is 1.56. The topological polar surface area (TPSA) is 88.5 Å². The van der Waals surface area contributed by atoms with Crippen LogP contribution in [0.1, 0.15) is 26.7 Å². The molecule has 6 nitrogen and oxygen atoms in total. The van der Waals surface area contributed by atoms with Gasteiger partial charge in [-0.2, -0.15) is 0 Å². The van der Waals surface area contributed by atoms with Gasteiger partial charge in [-0.3, -0.25) is 9.59 Å². The molecule has 0 saturated heterocycles. The minimum Gasteiger partial charge on any atom is -0.481 e. The van der Waals surface area contributed by atoms with Gasteiger partial charge in [0.2, 0.25) is 11.8 Å². The summed E-state index contributed by atoms with van der Waals surface area (Å²) in [7, 11) is 1.51. The van der Waals surface area contributed by atoms with E-state index in [1.807, 2.05) is 0 Å². The number of ether oxygens (including phenoxy) is 1. The van der Waals surface area contributed by atoms with Crippen LogP contribution in [-0.2, 0) is 9.59 Å². The molecule has 104 valence electrons. The Labute approximate surface area is 111 Å². The first-order valence-corrected chi connectivity index (χ1v) is 5.84. The van der Waals surface area contributed by atoms with Crippen LogP contribution < -0.4 is 10.1 Å². The monoisotopic (exact) mass is 266 g/mol.